The lowest BCUT2D eigenvalue weighted by Crippen LogP contribution is -2.33. The Balaban J connectivity index is 1.87. The number of carbonyl (C=O) groups excluding carboxylic acids is 1. The lowest BCUT2D eigenvalue weighted by atomic mass is 10.1. The Bertz CT molecular complexity index is 445. The van der Waals surface area contributed by atoms with Crippen molar-refractivity contribution in [1.82, 2.24) is 5.32 Å². The van der Waals surface area contributed by atoms with E-state index < -0.39 is 0 Å². The van der Waals surface area contributed by atoms with Gasteiger partial charge in [0.05, 0.1) is 18.0 Å². The van der Waals surface area contributed by atoms with E-state index in [2.05, 4.69) is 5.32 Å². The van der Waals surface area contributed by atoms with Crippen molar-refractivity contribution in [3.63, 3.8) is 0 Å². The van der Waals surface area contributed by atoms with E-state index >= 15 is 0 Å². The van der Waals surface area contributed by atoms with Crippen molar-refractivity contribution in [2.45, 2.75) is 31.1 Å². The second-order valence-corrected chi connectivity index (χ2v) is 5.96. The first-order valence-electron chi connectivity index (χ1n) is 6.52. The van der Waals surface area contributed by atoms with Gasteiger partial charge in [-0.15, -0.1) is 11.8 Å². The van der Waals surface area contributed by atoms with Gasteiger partial charge >= 0.3 is 0 Å². The van der Waals surface area contributed by atoms with Crippen LogP contribution in [0, 0.1) is 0 Å². The van der Waals surface area contributed by atoms with Crippen molar-refractivity contribution in [1.29, 1.82) is 0 Å². The van der Waals surface area contributed by atoms with Crippen molar-refractivity contribution in [3.8, 4) is 5.75 Å². The Morgan fingerprint density at radius 3 is 3.00 bits per heavy atom. The van der Waals surface area contributed by atoms with Crippen LogP contribution in [0.5, 0.6) is 5.75 Å². The number of rotatable bonds is 4. The summed E-state index contributed by atoms with van der Waals surface area (Å²) in [6.45, 7) is 0.518. The van der Waals surface area contributed by atoms with Crippen LogP contribution in [0.3, 0.4) is 0 Å². The van der Waals surface area contributed by atoms with Crippen LogP contribution in [0.1, 0.15) is 24.8 Å². The SMILES string of the molecule is COc1ccc(CNC(=O)C2CCCCS2)cc1N. The van der Waals surface area contributed by atoms with Crippen molar-refractivity contribution < 1.29 is 9.53 Å². The molecule has 0 bridgehead atoms. The molecule has 1 fully saturated rings. The van der Waals surface area contributed by atoms with Gasteiger partial charge in [-0.3, -0.25) is 4.79 Å². The number of nitrogens with two attached hydrogens (primary N) is 1. The molecule has 1 atom stereocenters. The van der Waals surface area contributed by atoms with Gasteiger partial charge in [0.15, 0.2) is 0 Å². The quantitative estimate of drug-likeness (QED) is 0.830. The number of thioether (sulfide) groups is 1. The number of carbonyl (C=O) groups is 1. The van der Waals surface area contributed by atoms with Crippen LogP contribution in [0.4, 0.5) is 5.69 Å². The summed E-state index contributed by atoms with van der Waals surface area (Å²) >= 11 is 1.76. The normalized spacial score (nSPS) is 18.9. The highest BCUT2D eigenvalue weighted by atomic mass is 32.2. The standard InChI is InChI=1S/C14H20N2O2S/c1-18-12-6-5-10(8-11(12)15)9-16-14(17)13-4-2-3-7-19-13/h5-6,8,13H,2-4,7,9,15H2,1H3,(H,16,17). The summed E-state index contributed by atoms with van der Waals surface area (Å²) in [7, 11) is 1.59. The van der Waals surface area contributed by atoms with Crippen LogP contribution in [0.15, 0.2) is 18.2 Å². The summed E-state index contributed by atoms with van der Waals surface area (Å²) in [6, 6.07) is 5.59. The number of benzene rings is 1. The number of hydrogen-bond donors (Lipinski definition) is 2. The van der Waals surface area contributed by atoms with E-state index in [1.165, 1.54) is 6.42 Å². The van der Waals surface area contributed by atoms with Gasteiger partial charge in [0, 0.05) is 6.54 Å². The molecular formula is C14H20N2O2S. The summed E-state index contributed by atoms with van der Waals surface area (Å²) in [4.78, 5) is 12.0. The number of amides is 1. The minimum atomic E-state index is 0.115. The number of nitrogens with one attached hydrogen (secondary N) is 1. The Morgan fingerprint density at radius 1 is 1.53 bits per heavy atom. The molecule has 1 aliphatic rings. The molecule has 19 heavy (non-hydrogen) atoms. The highest BCUT2D eigenvalue weighted by Crippen LogP contribution is 2.25. The highest BCUT2D eigenvalue weighted by molar-refractivity contribution is 8.00. The third-order valence-corrected chi connectivity index (χ3v) is 4.61. The number of methoxy groups -OCH3 is 1. The van der Waals surface area contributed by atoms with E-state index in [0.717, 1.165) is 24.2 Å². The molecule has 1 heterocycles. The van der Waals surface area contributed by atoms with Gasteiger partial charge in [-0.05, 0) is 36.3 Å². The molecule has 3 N–H and O–H groups in total. The molecule has 104 valence electrons. The van der Waals surface area contributed by atoms with Crippen molar-refractivity contribution in [2.75, 3.05) is 18.6 Å². The highest BCUT2D eigenvalue weighted by Gasteiger charge is 2.21. The first-order valence-corrected chi connectivity index (χ1v) is 7.57. The predicted molar refractivity (Wildman–Crippen MR) is 79.4 cm³/mol. The Kier molecular flexibility index (Phi) is 4.96. The van der Waals surface area contributed by atoms with Gasteiger partial charge in [0.1, 0.15) is 5.75 Å². The van der Waals surface area contributed by atoms with E-state index in [4.69, 9.17) is 10.5 Å². The van der Waals surface area contributed by atoms with E-state index in [-0.39, 0.29) is 11.2 Å². The van der Waals surface area contributed by atoms with Gasteiger partial charge in [-0.25, -0.2) is 0 Å². The van der Waals surface area contributed by atoms with Crippen LogP contribution in [-0.4, -0.2) is 24.0 Å². The summed E-state index contributed by atoms with van der Waals surface area (Å²) in [5.41, 5.74) is 7.43. The molecule has 5 heteroatoms. The van der Waals surface area contributed by atoms with E-state index in [1.807, 2.05) is 18.2 Å². The monoisotopic (exact) mass is 280 g/mol. The number of ether oxygens (including phenoxy) is 1. The molecule has 1 unspecified atom stereocenters. The molecule has 0 aromatic heterocycles. The average molecular weight is 280 g/mol. The van der Waals surface area contributed by atoms with E-state index in [9.17, 15) is 4.79 Å². The maximum absolute atomic E-state index is 12.0. The van der Waals surface area contributed by atoms with Crippen molar-refractivity contribution in [2.24, 2.45) is 0 Å². The summed E-state index contributed by atoms with van der Waals surface area (Å²) in [5.74, 6) is 1.89. The molecule has 2 rings (SSSR count). The van der Waals surface area contributed by atoms with Crippen LogP contribution >= 0.6 is 11.8 Å². The van der Waals surface area contributed by atoms with Crippen LogP contribution in [-0.2, 0) is 11.3 Å². The molecule has 0 radical (unpaired) electrons. The number of anilines is 1. The smallest absolute Gasteiger partial charge is 0.233 e. The number of nitrogen functional groups attached to an aromatic ring is 1. The van der Waals surface area contributed by atoms with Gasteiger partial charge in [0.25, 0.3) is 0 Å². The Morgan fingerprint density at radius 2 is 2.37 bits per heavy atom. The molecule has 0 spiro atoms. The Labute approximate surface area is 118 Å². The molecule has 1 aromatic carbocycles. The van der Waals surface area contributed by atoms with Crippen LogP contribution in [0.2, 0.25) is 0 Å². The van der Waals surface area contributed by atoms with E-state index in [0.29, 0.717) is 18.0 Å². The summed E-state index contributed by atoms with van der Waals surface area (Å²) < 4.78 is 5.11. The predicted octanol–water partition coefficient (Wildman–Crippen LogP) is 2.18. The minimum Gasteiger partial charge on any atom is -0.495 e. The molecule has 1 amide bonds. The average Bonchev–Trinajstić information content (AvgIpc) is 2.46. The van der Waals surface area contributed by atoms with Gasteiger partial charge in [-0.1, -0.05) is 12.5 Å². The first-order chi connectivity index (χ1) is 9.20. The molecule has 0 saturated carbocycles. The zero-order chi connectivity index (χ0) is 13.7. The fourth-order valence-corrected chi connectivity index (χ4v) is 3.37. The first kappa shape index (κ1) is 14.1. The largest absolute Gasteiger partial charge is 0.495 e. The molecule has 1 aromatic rings. The fraction of sp³-hybridized carbons (Fsp3) is 0.500. The summed E-state index contributed by atoms with van der Waals surface area (Å²) in [5, 5.41) is 3.09. The van der Waals surface area contributed by atoms with Gasteiger partial charge in [0.2, 0.25) is 5.91 Å². The second-order valence-electron chi connectivity index (χ2n) is 4.65. The second kappa shape index (κ2) is 6.70. The zero-order valence-corrected chi connectivity index (χ0v) is 12.0. The lowest BCUT2D eigenvalue weighted by Gasteiger charge is -2.20. The van der Waals surface area contributed by atoms with E-state index in [1.54, 1.807) is 18.9 Å². The maximum Gasteiger partial charge on any atom is 0.233 e. The van der Waals surface area contributed by atoms with Gasteiger partial charge in [-0.2, -0.15) is 0 Å². The maximum atomic E-state index is 12.0. The topological polar surface area (TPSA) is 64.3 Å². The molecule has 1 saturated heterocycles. The van der Waals surface area contributed by atoms with Gasteiger partial charge < -0.3 is 15.8 Å². The Hall–Kier alpha value is -1.36. The lowest BCUT2D eigenvalue weighted by molar-refractivity contribution is -0.120. The fourth-order valence-electron chi connectivity index (χ4n) is 2.14. The molecule has 4 nitrogen and oxygen atoms in total. The van der Waals surface area contributed by atoms with Crippen LogP contribution in [0.25, 0.3) is 0 Å². The minimum absolute atomic E-state index is 0.115. The third kappa shape index (κ3) is 3.80. The molecular weight excluding hydrogens is 260 g/mol. The number of hydrogen-bond acceptors (Lipinski definition) is 4. The zero-order valence-electron chi connectivity index (χ0n) is 11.1. The van der Waals surface area contributed by atoms with Crippen LogP contribution < -0.4 is 15.8 Å². The van der Waals surface area contributed by atoms with Crippen molar-refractivity contribution >= 4 is 23.4 Å². The third-order valence-electron chi connectivity index (χ3n) is 3.23. The van der Waals surface area contributed by atoms with Crippen molar-refractivity contribution in [3.05, 3.63) is 23.8 Å². The summed E-state index contributed by atoms with van der Waals surface area (Å²) in [6.07, 6.45) is 3.37. The molecule has 0 aliphatic carbocycles. The molecule has 1 aliphatic heterocycles.